The number of anilines is 1. The molecule has 0 saturated heterocycles. The Hall–Kier alpha value is -2.17. The zero-order chi connectivity index (χ0) is 12.7. The molecule has 2 heterocycles. The highest BCUT2D eigenvalue weighted by Gasteiger charge is 2.23. The van der Waals surface area contributed by atoms with Gasteiger partial charge in [-0.1, -0.05) is 5.16 Å². The van der Waals surface area contributed by atoms with E-state index < -0.39 is 0 Å². The standard InChI is InChI=1S/C13H14N2O3/c1-7-5-9(10-6-11(14)15-18-10)13-12(8(7)2)16-3-4-17-13/h5-6H,3-4H2,1-2H3,(H2,14,15). The smallest absolute Gasteiger partial charge is 0.172 e. The third kappa shape index (κ3) is 1.59. The van der Waals surface area contributed by atoms with Crippen LogP contribution in [0.4, 0.5) is 5.82 Å². The van der Waals surface area contributed by atoms with Crippen molar-refractivity contribution in [2.45, 2.75) is 13.8 Å². The van der Waals surface area contributed by atoms with Gasteiger partial charge in [-0.2, -0.15) is 0 Å². The van der Waals surface area contributed by atoms with E-state index in [-0.39, 0.29) is 0 Å². The number of nitrogens with zero attached hydrogens (tertiary/aromatic N) is 1. The second-order valence-electron chi connectivity index (χ2n) is 4.34. The number of fused-ring (bicyclic) bond motifs is 1. The molecule has 1 aromatic heterocycles. The molecule has 0 aliphatic carbocycles. The van der Waals surface area contributed by atoms with Gasteiger partial charge in [-0.25, -0.2) is 0 Å². The van der Waals surface area contributed by atoms with Crippen molar-refractivity contribution >= 4 is 5.82 Å². The van der Waals surface area contributed by atoms with Gasteiger partial charge in [0.15, 0.2) is 23.1 Å². The van der Waals surface area contributed by atoms with E-state index in [1.807, 2.05) is 19.9 Å². The lowest BCUT2D eigenvalue weighted by Gasteiger charge is -2.23. The fourth-order valence-corrected chi connectivity index (χ4v) is 2.07. The Morgan fingerprint density at radius 1 is 1.11 bits per heavy atom. The van der Waals surface area contributed by atoms with Crippen LogP contribution in [0.3, 0.4) is 0 Å². The van der Waals surface area contributed by atoms with Gasteiger partial charge in [0.2, 0.25) is 0 Å². The maximum absolute atomic E-state index is 5.70. The van der Waals surface area contributed by atoms with Crippen molar-refractivity contribution in [2.75, 3.05) is 18.9 Å². The fraction of sp³-hybridized carbons (Fsp3) is 0.308. The summed E-state index contributed by atoms with van der Waals surface area (Å²) in [6.07, 6.45) is 0. The van der Waals surface area contributed by atoms with Gasteiger partial charge in [-0.05, 0) is 31.0 Å². The minimum Gasteiger partial charge on any atom is -0.486 e. The third-order valence-electron chi connectivity index (χ3n) is 3.11. The second kappa shape index (κ2) is 3.94. The average molecular weight is 246 g/mol. The van der Waals surface area contributed by atoms with Crippen LogP contribution >= 0.6 is 0 Å². The lowest BCUT2D eigenvalue weighted by molar-refractivity contribution is 0.171. The highest BCUT2D eigenvalue weighted by atomic mass is 16.6. The van der Waals surface area contributed by atoms with E-state index in [2.05, 4.69) is 5.16 Å². The highest BCUT2D eigenvalue weighted by molar-refractivity contribution is 5.74. The number of hydrogen-bond donors (Lipinski definition) is 1. The van der Waals surface area contributed by atoms with Gasteiger partial charge in [0.05, 0.1) is 5.56 Å². The SMILES string of the molecule is Cc1cc(-c2cc(N)no2)c2c(c1C)OCCO2. The molecule has 18 heavy (non-hydrogen) atoms. The molecule has 1 aromatic carbocycles. The van der Waals surface area contributed by atoms with Crippen molar-refractivity contribution in [1.82, 2.24) is 5.16 Å². The molecule has 0 fully saturated rings. The summed E-state index contributed by atoms with van der Waals surface area (Å²) in [6, 6.07) is 3.69. The number of ether oxygens (including phenoxy) is 2. The van der Waals surface area contributed by atoms with E-state index in [1.54, 1.807) is 6.07 Å². The summed E-state index contributed by atoms with van der Waals surface area (Å²) in [4.78, 5) is 0. The summed E-state index contributed by atoms with van der Waals surface area (Å²) in [7, 11) is 0. The van der Waals surface area contributed by atoms with Crippen LogP contribution in [0.25, 0.3) is 11.3 Å². The van der Waals surface area contributed by atoms with Crippen molar-refractivity contribution < 1.29 is 14.0 Å². The van der Waals surface area contributed by atoms with E-state index >= 15 is 0 Å². The average Bonchev–Trinajstić information content (AvgIpc) is 2.80. The van der Waals surface area contributed by atoms with Gasteiger partial charge in [0, 0.05) is 6.07 Å². The number of hydrogen-bond acceptors (Lipinski definition) is 5. The number of benzene rings is 1. The molecule has 1 aliphatic rings. The fourth-order valence-electron chi connectivity index (χ4n) is 2.07. The summed E-state index contributed by atoms with van der Waals surface area (Å²) in [5, 5.41) is 3.70. The quantitative estimate of drug-likeness (QED) is 0.836. The first-order valence-corrected chi connectivity index (χ1v) is 5.79. The van der Waals surface area contributed by atoms with E-state index in [0.717, 1.165) is 22.4 Å². The molecule has 3 rings (SSSR count). The van der Waals surface area contributed by atoms with Gasteiger partial charge in [-0.15, -0.1) is 0 Å². The molecule has 0 bridgehead atoms. The summed E-state index contributed by atoms with van der Waals surface area (Å²) < 4.78 is 16.6. The van der Waals surface area contributed by atoms with Gasteiger partial charge in [-0.3, -0.25) is 0 Å². The summed E-state index contributed by atoms with van der Waals surface area (Å²) in [5.74, 6) is 2.44. The zero-order valence-electron chi connectivity index (χ0n) is 10.3. The minimum atomic E-state index is 0.355. The van der Waals surface area contributed by atoms with Gasteiger partial charge >= 0.3 is 0 Å². The lowest BCUT2D eigenvalue weighted by Crippen LogP contribution is -2.17. The number of aryl methyl sites for hydroxylation is 1. The van der Waals surface area contributed by atoms with Crippen molar-refractivity contribution in [2.24, 2.45) is 0 Å². The molecular weight excluding hydrogens is 232 g/mol. The Bertz CT molecular complexity index is 605. The molecule has 94 valence electrons. The Morgan fingerprint density at radius 3 is 2.50 bits per heavy atom. The lowest BCUT2D eigenvalue weighted by atomic mass is 10.0. The summed E-state index contributed by atoms with van der Waals surface area (Å²) in [6.45, 7) is 5.14. The molecule has 5 nitrogen and oxygen atoms in total. The molecule has 2 N–H and O–H groups in total. The van der Waals surface area contributed by atoms with Gasteiger partial charge in [0.1, 0.15) is 13.2 Å². The maximum atomic E-state index is 5.70. The minimum absolute atomic E-state index is 0.355. The maximum Gasteiger partial charge on any atom is 0.172 e. The largest absolute Gasteiger partial charge is 0.486 e. The molecule has 0 atom stereocenters. The second-order valence-corrected chi connectivity index (χ2v) is 4.34. The van der Waals surface area contributed by atoms with E-state index in [0.29, 0.717) is 30.5 Å². The van der Waals surface area contributed by atoms with E-state index in [4.69, 9.17) is 19.7 Å². The first-order valence-electron chi connectivity index (χ1n) is 5.79. The van der Waals surface area contributed by atoms with Gasteiger partial charge in [0.25, 0.3) is 0 Å². The van der Waals surface area contributed by atoms with Gasteiger partial charge < -0.3 is 19.7 Å². The van der Waals surface area contributed by atoms with Crippen LogP contribution in [0.15, 0.2) is 16.7 Å². The Balaban J connectivity index is 2.23. The van der Waals surface area contributed by atoms with Crippen LogP contribution < -0.4 is 15.2 Å². The van der Waals surface area contributed by atoms with Crippen LogP contribution in [0, 0.1) is 13.8 Å². The molecule has 0 amide bonds. The number of aromatic nitrogens is 1. The molecule has 1 aliphatic heterocycles. The van der Waals surface area contributed by atoms with Crippen LogP contribution in [0.5, 0.6) is 11.5 Å². The van der Waals surface area contributed by atoms with E-state index in [9.17, 15) is 0 Å². The predicted octanol–water partition coefficient (Wildman–Crippen LogP) is 2.31. The number of nitrogens with two attached hydrogens (primary N) is 1. The van der Waals surface area contributed by atoms with Crippen molar-refractivity contribution in [3.8, 4) is 22.8 Å². The molecule has 2 aromatic rings. The molecule has 5 heteroatoms. The zero-order valence-corrected chi connectivity index (χ0v) is 10.3. The van der Waals surface area contributed by atoms with Crippen molar-refractivity contribution in [3.05, 3.63) is 23.3 Å². The Kier molecular flexibility index (Phi) is 2.40. The molecule has 0 radical (unpaired) electrons. The first-order chi connectivity index (χ1) is 8.66. The molecular formula is C13H14N2O3. The van der Waals surface area contributed by atoms with Crippen LogP contribution in [0.2, 0.25) is 0 Å². The third-order valence-corrected chi connectivity index (χ3v) is 3.11. The molecule has 0 spiro atoms. The first kappa shape index (κ1) is 11.0. The van der Waals surface area contributed by atoms with Crippen LogP contribution in [-0.2, 0) is 0 Å². The van der Waals surface area contributed by atoms with Crippen molar-refractivity contribution in [1.29, 1.82) is 0 Å². The van der Waals surface area contributed by atoms with Crippen LogP contribution in [0.1, 0.15) is 11.1 Å². The van der Waals surface area contributed by atoms with Crippen LogP contribution in [-0.4, -0.2) is 18.4 Å². The summed E-state index contributed by atoms with van der Waals surface area (Å²) >= 11 is 0. The number of rotatable bonds is 1. The predicted molar refractivity (Wildman–Crippen MR) is 66.8 cm³/mol. The monoisotopic (exact) mass is 246 g/mol. The molecule has 0 unspecified atom stereocenters. The van der Waals surface area contributed by atoms with Crippen molar-refractivity contribution in [3.63, 3.8) is 0 Å². The Morgan fingerprint density at radius 2 is 1.83 bits per heavy atom. The highest BCUT2D eigenvalue weighted by Crippen LogP contribution is 2.43. The normalized spacial score (nSPS) is 13.7. The topological polar surface area (TPSA) is 70.5 Å². The number of nitrogen functional groups attached to an aromatic ring is 1. The molecule has 0 saturated carbocycles. The summed E-state index contributed by atoms with van der Waals surface area (Å²) in [5.41, 5.74) is 8.61. The Labute approximate surface area is 104 Å². The van der Waals surface area contributed by atoms with E-state index in [1.165, 1.54) is 0 Å².